The highest BCUT2D eigenvalue weighted by Crippen LogP contribution is 2.36. The molecule has 1 fully saturated rings. The van der Waals surface area contributed by atoms with Gasteiger partial charge in [0.1, 0.15) is 0 Å². The summed E-state index contributed by atoms with van der Waals surface area (Å²) in [4.78, 5) is 27.5. The van der Waals surface area contributed by atoms with Crippen LogP contribution in [-0.4, -0.2) is 49.3 Å². The Morgan fingerprint density at radius 2 is 2.12 bits per heavy atom. The van der Waals surface area contributed by atoms with E-state index in [1.165, 1.54) is 11.8 Å². The maximum Gasteiger partial charge on any atom is 0.340 e. The number of H-pyrrole nitrogens is 1. The summed E-state index contributed by atoms with van der Waals surface area (Å²) < 4.78 is 6.82. The number of aryl methyl sites for hydroxylation is 1. The molecule has 2 aromatic rings. The minimum Gasteiger partial charge on any atom is -0.462 e. The third kappa shape index (κ3) is 3.21. The Morgan fingerprint density at radius 3 is 2.79 bits per heavy atom. The van der Waals surface area contributed by atoms with Crippen molar-refractivity contribution < 1.29 is 14.3 Å². The molecule has 0 bridgehead atoms. The van der Waals surface area contributed by atoms with Crippen LogP contribution >= 0.6 is 11.8 Å². The molecule has 0 amide bonds. The van der Waals surface area contributed by atoms with Crippen molar-refractivity contribution in [1.82, 2.24) is 25.2 Å². The van der Waals surface area contributed by atoms with Gasteiger partial charge in [0.05, 0.1) is 29.7 Å². The fourth-order valence-corrected chi connectivity index (χ4v) is 3.39. The standard InChI is InChI=1S/C15H19N5O3S/c1-4-23-14(22)12-8(2)13(16-9(12)3)11(21)7-24-15-17-18-19-20(15)10-5-6-10/h10,16H,4-7H2,1-3H3. The molecule has 0 atom stereocenters. The molecule has 9 heteroatoms. The second-order valence-electron chi connectivity index (χ2n) is 5.69. The number of rotatable bonds is 7. The lowest BCUT2D eigenvalue weighted by Gasteiger charge is -2.03. The number of aromatic nitrogens is 5. The molecular formula is C15H19N5O3S. The van der Waals surface area contributed by atoms with Gasteiger partial charge in [-0.15, -0.1) is 5.10 Å². The van der Waals surface area contributed by atoms with Crippen LogP contribution in [0, 0.1) is 13.8 Å². The number of aromatic amines is 1. The molecule has 24 heavy (non-hydrogen) atoms. The monoisotopic (exact) mass is 349 g/mol. The Morgan fingerprint density at radius 1 is 1.38 bits per heavy atom. The van der Waals surface area contributed by atoms with Crippen LogP contribution in [0.25, 0.3) is 0 Å². The molecule has 0 aromatic carbocycles. The number of esters is 1. The van der Waals surface area contributed by atoms with Gasteiger partial charge in [0.15, 0.2) is 5.78 Å². The number of ketones is 1. The zero-order chi connectivity index (χ0) is 17.3. The minimum absolute atomic E-state index is 0.0958. The number of Topliss-reactive ketones (excluding diaryl/α,β-unsaturated/α-hetero) is 1. The Balaban J connectivity index is 1.72. The van der Waals surface area contributed by atoms with Gasteiger partial charge in [-0.1, -0.05) is 11.8 Å². The lowest BCUT2D eigenvalue weighted by atomic mass is 10.1. The predicted molar refractivity (Wildman–Crippen MR) is 87.4 cm³/mol. The van der Waals surface area contributed by atoms with E-state index in [9.17, 15) is 9.59 Å². The third-order valence-electron chi connectivity index (χ3n) is 3.88. The summed E-state index contributed by atoms with van der Waals surface area (Å²) in [6.45, 7) is 5.56. The van der Waals surface area contributed by atoms with Gasteiger partial charge >= 0.3 is 5.97 Å². The van der Waals surface area contributed by atoms with E-state index in [2.05, 4.69) is 20.5 Å². The molecule has 0 radical (unpaired) electrons. The van der Waals surface area contributed by atoms with Gasteiger partial charge in [0.2, 0.25) is 5.16 Å². The van der Waals surface area contributed by atoms with E-state index < -0.39 is 5.97 Å². The summed E-state index contributed by atoms with van der Waals surface area (Å²) in [7, 11) is 0. The second kappa shape index (κ2) is 6.76. The maximum atomic E-state index is 12.5. The second-order valence-corrected chi connectivity index (χ2v) is 6.64. The molecule has 1 saturated carbocycles. The molecule has 0 saturated heterocycles. The highest BCUT2D eigenvalue weighted by Gasteiger charge is 2.28. The number of ether oxygens (including phenoxy) is 1. The Hall–Kier alpha value is -2.16. The first-order valence-corrected chi connectivity index (χ1v) is 8.81. The van der Waals surface area contributed by atoms with E-state index >= 15 is 0 Å². The quantitative estimate of drug-likeness (QED) is 0.464. The summed E-state index contributed by atoms with van der Waals surface area (Å²) >= 11 is 1.31. The van der Waals surface area contributed by atoms with Gasteiger partial charge in [-0.25, -0.2) is 9.48 Å². The Bertz CT molecular complexity index is 778. The molecule has 1 N–H and O–H groups in total. The van der Waals surface area contributed by atoms with Crippen LogP contribution in [0.4, 0.5) is 0 Å². The lowest BCUT2D eigenvalue weighted by Crippen LogP contribution is -2.09. The number of tetrazole rings is 1. The number of nitrogens with zero attached hydrogens (tertiary/aromatic N) is 4. The number of hydrogen-bond donors (Lipinski definition) is 1. The molecule has 1 aliphatic rings. The van der Waals surface area contributed by atoms with Crippen molar-refractivity contribution in [3.63, 3.8) is 0 Å². The molecule has 0 aliphatic heterocycles. The summed E-state index contributed by atoms with van der Waals surface area (Å²) in [5.74, 6) is -0.300. The third-order valence-corrected chi connectivity index (χ3v) is 4.82. The topological polar surface area (TPSA) is 103 Å². The summed E-state index contributed by atoms with van der Waals surface area (Å²) in [5, 5.41) is 12.3. The first-order chi connectivity index (χ1) is 11.5. The molecule has 3 rings (SSSR count). The average molecular weight is 349 g/mol. The van der Waals surface area contributed by atoms with Gasteiger partial charge in [-0.05, 0) is 49.6 Å². The Kier molecular flexibility index (Phi) is 4.70. The molecule has 128 valence electrons. The minimum atomic E-state index is -0.409. The SMILES string of the molecule is CCOC(=O)c1c(C)[nH]c(C(=O)CSc2nnnn2C2CC2)c1C. The lowest BCUT2D eigenvalue weighted by molar-refractivity contribution is 0.0525. The van der Waals surface area contributed by atoms with Crippen LogP contribution in [-0.2, 0) is 4.74 Å². The van der Waals surface area contributed by atoms with Gasteiger partial charge < -0.3 is 9.72 Å². The number of carbonyl (C=O) groups excluding carboxylic acids is 2. The van der Waals surface area contributed by atoms with E-state index in [1.54, 1.807) is 25.5 Å². The van der Waals surface area contributed by atoms with Crippen LogP contribution in [0.3, 0.4) is 0 Å². The zero-order valence-corrected chi connectivity index (χ0v) is 14.6. The van der Waals surface area contributed by atoms with E-state index in [-0.39, 0.29) is 11.5 Å². The molecule has 2 aromatic heterocycles. The first kappa shape index (κ1) is 16.7. The van der Waals surface area contributed by atoms with Crippen molar-refractivity contribution in [2.24, 2.45) is 0 Å². The van der Waals surface area contributed by atoms with Gasteiger partial charge in [-0.3, -0.25) is 4.79 Å². The van der Waals surface area contributed by atoms with Crippen LogP contribution in [0.15, 0.2) is 5.16 Å². The number of thioether (sulfide) groups is 1. The summed E-state index contributed by atoms with van der Waals surface area (Å²) in [6.07, 6.45) is 2.15. The van der Waals surface area contributed by atoms with Crippen molar-refractivity contribution >= 4 is 23.5 Å². The zero-order valence-electron chi connectivity index (χ0n) is 13.8. The van der Waals surface area contributed by atoms with Crippen LogP contribution in [0.5, 0.6) is 0 Å². The fourth-order valence-electron chi connectivity index (χ4n) is 2.57. The summed E-state index contributed by atoms with van der Waals surface area (Å²) in [5.41, 5.74) is 2.14. The molecule has 2 heterocycles. The van der Waals surface area contributed by atoms with Gasteiger partial charge in [-0.2, -0.15) is 0 Å². The number of carbonyl (C=O) groups is 2. The van der Waals surface area contributed by atoms with E-state index in [0.29, 0.717) is 40.3 Å². The van der Waals surface area contributed by atoms with Crippen molar-refractivity contribution in [3.05, 3.63) is 22.5 Å². The average Bonchev–Trinajstić information content (AvgIpc) is 3.20. The van der Waals surface area contributed by atoms with Crippen molar-refractivity contribution in [2.75, 3.05) is 12.4 Å². The van der Waals surface area contributed by atoms with Gasteiger partial charge in [0.25, 0.3) is 0 Å². The maximum absolute atomic E-state index is 12.5. The molecule has 1 aliphatic carbocycles. The highest BCUT2D eigenvalue weighted by atomic mass is 32.2. The largest absolute Gasteiger partial charge is 0.462 e. The molecular weight excluding hydrogens is 330 g/mol. The summed E-state index contributed by atoms with van der Waals surface area (Å²) in [6, 6.07) is 0.363. The predicted octanol–water partition coefficient (Wildman–Crippen LogP) is 2.10. The van der Waals surface area contributed by atoms with Crippen molar-refractivity contribution in [3.8, 4) is 0 Å². The molecule has 8 nitrogen and oxygen atoms in total. The van der Waals surface area contributed by atoms with E-state index in [0.717, 1.165) is 12.8 Å². The Labute approximate surface area is 143 Å². The van der Waals surface area contributed by atoms with Crippen LogP contribution in [0.1, 0.15) is 57.9 Å². The highest BCUT2D eigenvalue weighted by molar-refractivity contribution is 7.99. The number of nitrogens with one attached hydrogen (secondary N) is 1. The van der Waals surface area contributed by atoms with Gasteiger partial charge in [0, 0.05) is 5.69 Å². The van der Waals surface area contributed by atoms with Crippen LogP contribution in [0.2, 0.25) is 0 Å². The number of hydrogen-bond acceptors (Lipinski definition) is 7. The molecule has 0 spiro atoms. The van der Waals surface area contributed by atoms with Crippen LogP contribution < -0.4 is 0 Å². The normalized spacial score (nSPS) is 14.0. The molecule has 0 unspecified atom stereocenters. The van der Waals surface area contributed by atoms with E-state index in [4.69, 9.17) is 4.74 Å². The smallest absolute Gasteiger partial charge is 0.340 e. The van der Waals surface area contributed by atoms with E-state index in [1.807, 2.05) is 0 Å². The van der Waals surface area contributed by atoms with Crippen molar-refractivity contribution in [1.29, 1.82) is 0 Å². The fraction of sp³-hybridized carbons (Fsp3) is 0.533. The first-order valence-electron chi connectivity index (χ1n) is 7.83. The van der Waals surface area contributed by atoms with Crippen molar-refractivity contribution in [2.45, 2.75) is 44.8 Å².